The second-order valence-corrected chi connectivity index (χ2v) is 6.74. The van der Waals surface area contributed by atoms with Gasteiger partial charge in [0.05, 0.1) is 12.6 Å². The lowest BCUT2D eigenvalue weighted by atomic mass is 9.85. The lowest BCUT2D eigenvalue weighted by Gasteiger charge is -2.42. The highest BCUT2D eigenvalue weighted by atomic mass is 16.5. The Morgan fingerprint density at radius 3 is 2.46 bits per heavy atom. The number of hydrogen-bond acceptors (Lipinski definition) is 4. The van der Waals surface area contributed by atoms with Crippen LogP contribution in [0.4, 0.5) is 10.5 Å². The molecule has 1 aromatic rings. The predicted molar refractivity (Wildman–Crippen MR) is 101 cm³/mol. The van der Waals surface area contributed by atoms with Gasteiger partial charge in [0.25, 0.3) is 0 Å². The summed E-state index contributed by atoms with van der Waals surface area (Å²) >= 11 is 0. The molecule has 0 aromatic heterocycles. The third-order valence-corrected chi connectivity index (χ3v) is 4.73. The van der Waals surface area contributed by atoms with Crippen molar-refractivity contribution in [1.29, 1.82) is 0 Å². The fraction of sp³-hybridized carbons (Fsp3) is 0.579. The fourth-order valence-corrected chi connectivity index (χ4v) is 2.96. The summed E-state index contributed by atoms with van der Waals surface area (Å²) in [6.45, 7) is 6.77. The van der Waals surface area contributed by atoms with Crippen LogP contribution in [0, 0.1) is 0 Å². The number of rotatable bonds is 9. The highest BCUT2D eigenvalue weighted by Crippen LogP contribution is 2.25. The predicted octanol–water partition coefficient (Wildman–Crippen LogP) is 2.92. The van der Waals surface area contributed by atoms with Crippen molar-refractivity contribution in [3.05, 3.63) is 24.3 Å². The Labute approximate surface area is 154 Å². The lowest BCUT2D eigenvalue weighted by molar-refractivity contribution is -0.139. The minimum atomic E-state index is -0.818. The Kier molecular flexibility index (Phi) is 7.26. The van der Waals surface area contributed by atoms with E-state index in [1.807, 2.05) is 43.0 Å². The van der Waals surface area contributed by atoms with Crippen molar-refractivity contribution in [2.75, 3.05) is 18.4 Å². The molecule has 1 aliphatic rings. The fourth-order valence-electron chi connectivity index (χ4n) is 2.96. The minimum absolute atomic E-state index is 0.0468. The molecule has 3 N–H and O–H groups in total. The van der Waals surface area contributed by atoms with Crippen LogP contribution in [-0.4, -0.2) is 53.3 Å². The zero-order chi connectivity index (χ0) is 19.1. The van der Waals surface area contributed by atoms with Crippen LogP contribution in [-0.2, 0) is 4.79 Å². The Balaban J connectivity index is 1.73. The molecule has 26 heavy (non-hydrogen) atoms. The highest BCUT2D eigenvalue weighted by molar-refractivity contribution is 5.89. The maximum Gasteiger partial charge on any atom is 0.319 e. The second-order valence-electron chi connectivity index (χ2n) is 6.74. The number of amides is 2. The number of nitrogens with one attached hydrogen (secondary N) is 2. The molecule has 1 unspecified atom stereocenters. The van der Waals surface area contributed by atoms with Gasteiger partial charge in [-0.3, -0.25) is 9.69 Å². The molecule has 0 aliphatic heterocycles. The number of carbonyl (C=O) groups excluding carboxylic acids is 1. The Morgan fingerprint density at radius 2 is 1.92 bits per heavy atom. The average molecular weight is 363 g/mol. The van der Waals surface area contributed by atoms with Crippen molar-refractivity contribution < 1.29 is 19.4 Å². The molecule has 0 radical (unpaired) electrons. The van der Waals surface area contributed by atoms with Gasteiger partial charge in [-0.1, -0.05) is 13.8 Å². The van der Waals surface area contributed by atoms with E-state index in [0.717, 1.165) is 25.0 Å². The smallest absolute Gasteiger partial charge is 0.319 e. The summed E-state index contributed by atoms with van der Waals surface area (Å²) in [5.41, 5.74) is 0.705. The van der Waals surface area contributed by atoms with Crippen molar-refractivity contribution in [1.82, 2.24) is 10.2 Å². The number of anilines is 1. The van der Waals surface area contributed by atoms with Gasteiger partial charge in [0.1, 0.15) is 5.75 Å². The third-order valence-electron chi connectivity index (χ3n) is 4.73. The molecule has 7 heteroatoms. The molecule has 0 spiro atoms. The second kappa shape index (κ2) is 9.43. The van der Waals surface area contributed by atoms with E-state index in [0.29, 0.717) is 12.2 Å². The van der Waals surface area contributed by atoms with E-state index in [1.165, 1.54) is 0 Å². The molecule has 7 nitrogen and oxygen atoms in total. The van der Waals surface area contributed by atoms with E-state index in [1.54, 1.807) is 0 Å². The number of likely N-dealkylation sites (N-methyl/N-ethyl adjacent to an activating group) is 1. The quantitative estimate of drug-likeness (QED) is 0.627. The van der Waals surface area contributed by atoms with Gasteiger partial charge in [-0.25, -0.2) is 4.79 Å². The van der Waals surface area contributed by atoms with Gasteiger partial charge >= 0.3 is 12.0 Å². The summed E-state index contributed by atoms with van der Waals surface area (Å²) in [6, 6.07) is 7.36. The number of carbonyl (C=O) groups is 2. The summed E-state index contributed by atoms with van der Waals surface area (Å²) in [4.78, 5) is 24.9. The topological polar surface area (TPSA) is 90.9 Å². The molecule has 144 valence electrons. The van der Waals surface area contributed by atoms with E-state index in [2.05, 4.69) is 17.6 Å². The zero-order valence-corrected chi connectivity index (χ0v) is 15.7. The van der Waals surface area contributed by atoms with E-state index >= 15 is 0 Å². The Hall–Kier alpha value is -2.28. The molecule has 1 atom stereocenters. The Bertz CT molecular complexity index is 599. The average Bonchev–Trinajstić information content (AvgIpc) is 2.57. The Morgan fingerprint density at radius 1 is 1.27 bits per heavy atom. The summed E-state index contributed by atoms with van der Waals surface area (Å²) in [5.74, 6) is -0.0352. The molecule has 1 fully saturated rings. The van der Waals surface area contributed by atoms with Crippen LogP contribution in [0.5, 0.6) is 5.75 Å². The van der Waals surface area contributed by atoms with Crippen LogP contribution in [0.2, 0.25) is 0 Å². The first-order valence-electron chi connectivity index (χ1n) is 9.21. The van der Waals surface area contributed by atoms with Gasteiger partial charge in [0.2, 0.25) is 0 Å². The molecule has 0 bridgehead atoms. The van der Waals surface area contributed by atoms with Crippen molar-refractivity contribution in [2.45, 2.75) is 58.2 Å². The monoisotopic (exact) mass is 363 g/mol. The SMILES string of the molecule is CCC(C)Oc1ccc(NC(=O)NC2CC(N(CC)CC(=O)O)C2)cc1. The van der Waals surface area contributed by atoms with Crippen LogP contribution in [0.15, 0.2) is 24.3 Å². The van der Waals surface area contributed by atoms with Gasteiger partial charge in [0, 0.05) is 17.8 Å². The normalized spacial score (nSPS) is 20.2. The lowest BCUT2D eigenvalue weighted by Crippen LogP contribution is -2.55. The number of carboxylic acids is 1. The minimum Gasteiger partial charge on any atom is -0.491 e. The van der Waals surface area contributed by atoms with Crippen molar-refractivity contribution in [2.24, 2.45) is 0 Å². The number of urea groups is 1. The molecule has 0 saturated heterocycles. The van der Waals surface area contributed by atoms with E-state index < -0.39 is 5.97 Å². The number of ether oxygens (including phenoxy) is 1. The number of aliphatic carboxylic acids is 1. The molecule has 2 amide bonds. The molecular weight excluding hydrogens is 334 g/mol. The van der Waals surface area contributed by atoms with Crippen LogP contribution in [0.25, 0.3) is 0 Å². The summed E-state index contributed by atoms with van der Waals surface area (Å²) < 4.78 is 5.71. The van der Waals surface area contributed by atoms with Crippen LogP contribution < -0.4 is 15.4 Å². The molecule has 1 saturated carbocycles. The first-order valence-corrected chi connectivity index (χ1v) is 9.21. The number of nitrogens with zero attached hydrogens (tertiary/aromatic N) is 1. The van der Waals surface area contributed by atoms with Crippen LogP contribution in [0.1, 0.15) is 40.0 Å². The standard InChI is InChI=1S/C19H29N3O4/c1-4-13(3)26-17-8-6-14(7-9-17)20-19(25)21-15-10-16(11-15)22(5-2)12-18(23)24/h6-9,13,15-16H,4-5,10-12H2,1-3H3,(H,23,24)(H2,20,21,25). The van der Waals surface area contributed by atoms with Gasteiger partial charge < -0.3 is 20.5 Å². The van der Waals surface area contributed by atoms with Crippen molar-refractivity contribution in [3.63, 3.8) is 0 Å². The number of hydrogen-bond donors (Lipinski definition) is 3. The summed E-state index contributed by atoms with van der Waals surface area (Å²) in [6.07, 6.45) is 2.64. The number of carboxylic acid groups (broad SMARTS) is 1. The first kappa shape index (κ1) is 20.0. The summed E-state index contributed by atoms with van der Waals surface area (Å²) in [7, 11) is 0. The van der Waals surface area contributed by atoms with Crippen molar-refractivity contribution in [3.8, 4) is 5.75 Å². The van der Waals surface area contributed by atoms with E-state index in [-0.39, 0.29) is 30.8 Å². The van der Waals surface area contributed by atoms with Crippen LogP contribution >= 0.6 is 0 Å². The highest BCUT2D eigenvalue weighted by Gasteiger charge is 2.34. The molecular formula is C19H29N3O4. The van der Waals surface area contributed by atoms with E-state index in [9.17, 15) is 9.59 Å². The summed E-state index contributed by atoms with van der Waals surface area (Å²) in [5, 5.41) is 14.7. The van der Waals surface area contributed by atoms with E-state index in [4.69, 9.17) is 9.84 Å². The van der Waals surface area contributed by atoms with Gasteiger partial charge in [-0.2, -0.15) is 0 Å². The largest absolute Gasteiger partial charge is 0.491 e. The zero-order valence-electron chi connectivity index (χ0n) is 15.7. The maximum absolute atomic E-state index is 12.1. The molecule has 0 heterocycles. The molecule has 2 rings (SSSR count). The maximum atomic E-state index is 12.1. The van der Waals surface area contributed by atoms with Crippen LogP contribution in [0.3, 0.4) is 0 Å². The number of benzene rings is 1. The molecule has 1 aliphatic carbocycles. The van der Waals surface area contributed by atoms with Gasteiger partial charge in [-0.05, 0) is 57.0 Å². The van der Waals surface area contributed by atoms with Gasteiger partial charge in [0.15, 0.2) is 0 Å². The van der Waals surface area contributed by atoms with Gasteiger partial charge in [-0.15, -0.1) is 0 Å². The molecule has 1 aromatic carbocycles. The third kappa shape index (κ3) is 5.91. The first-order chi connectivity index (χ1) is 12.4. The van der Waals surface area contributed by atoms with Crippen molar-refractivity contribution >= 4 is 17.7 Å².